The Morgan fingerprint density at radius 2 is 2.00 bits per heavy atom. The van der Waals surface area contributed by atoms with E-state index in [-0.39, 0.29) is 5.92 Å². The summed E-state index contributed by atoms with van der Waals surface area (Å²) in [6.45, 7) is 0.363. The van der Waals surface area contributed by atoms with E-state index in [0.29, 0.717) is 6.54 Å². The molecule has 1 aromatic rings. The minimum absolute atomic E-state index is 0.316. The van der Waals surface area contributed by atoms with Crippen LogP contribution in [0, 0.1) is 5.92 Å². The van der Waals surface area contributed by atoms with Gasteiger partial charge in [0.2, 0.25) is 5.91 Å². The third kappa shape index (κ3) is 1.70. The molecular weight excluding hydrogens is 194 g/mol. The van der Waals surface area contributed by atoms with Crippen LogP contribution >= 0.6 is 0 Å². The molecule has 0 radical (unpaired) electrons. The lowest BCUT2D eigenvalue weighted by Gasteiger charge is -2.17. The normalized spacial score (nSPS) is 24.9. The number of hydrogen-bond donors (Lipinski definition) is 1. The van der Waals surface area contributed by atoms with E-state index in [1.807, 2.05) is 30.3 Å². The smallest absolute Gasteiger partial charge is 0.229 e. The minimum atomic E-state index is -1.31. The molecule has 78 valence electrons. The summed E-state index contributed by atoms with van der Waals surface area (Å²) in [7, 11) is 0. The molecule has 1 aliphatic heterocycles. The molecule has 1 saturated heterocycles. The molecule has 1 aliphatic rings. The Labute approximate surface area is 86.9 Å². The Hall–Kier alpha value is -1.84. The molecular formula is C11H10NO3-. The fourth-order valence-corrected chi connectivity index (χ4v) is 1.90. The van der Waals surface area contributed by atoms with Crippen molar-refractivity contribution in [3.63, 3.8) is 0 Å². The van der Waals surface area contributed by atoms with Gasteiger partial charge in [-0.2, -0.15) is 0 Å². The van der Waals surface area contributed by atoms with Crippen molar-refractivity contribution in [2.24, 2.45) is 5.92 Å². The summed E-state index contributed by atoms with van der Waals surface area (Å²) < 4.78 is 0. The lowest BCUT2D eigenvalue weighted by Crippen LogP contribution is -2.38. The monoisotopic (exact) mass is 204 g/mol. The van der Waals surface area contributed by atoms with Gasteiger partial charge in [0.05, 0.1) is 11.9 Å². The molecule has 1 heterocycles. The minimum Gasteiger partial charge on any atom is -0.549 e. The van der Waals surface area contributed by atoms with E-state index >= 15 is 0 Å². The van der Waals surface area contributed by atoms with Crippen molar-refractivity contribution < 1.29 is 14.7 Å². The number of carbonyl (C=O) groups excluding carboxylic acids is 2. The van der Waals surface area contributed by atoms with Crippen LogP contribution in [-0.2, 0) is 9.59 Å². The maximum absolute atomic E-state index is 11.3. The van der Waals surface area contributed by atoms with Crippen molar-refractivity contribution in [1.29, 1.82) is 0 Å². The molecule has 0 aliphatic carbocycles. The van der Waals surface area contributed by atoms with E-state index in [1.54, 1.807) is 0 Å². The molecule has 0 unspecified atom stereocenters. The summed E-state index contributed by atoms with van der Waals surface area (Å²) in [5, 5.41) is 13.4. The summed E-state index contributed by atoms with van der Waals surface area (Å²) in [6.07, 6.45) is 0. The van der Waals surface area contributed by atoms with Gasteiger partial charge in [-0.1, -0.05) is 30.3 Å². The van der Waals surface area contributed by atoms with Gasteiger partial charge in [0.1, 0.15) is 0 Å². The molecule has 2 atom stereocenters. The lowest BCUT2D eigenvalue weighted by molar-refractivity contribution is -0.310. The van der Waals surface area contributed by atoms with Crippen molar-refractivity contribution in [2.75, 3.05) is 6.54 Å². The largest absolute Gasteiger partial charge is 0.549 e. The number of rotatable bonds is 2. The predicted octanol–water partition coefficient (Wildman–Crippen LogP) is -0.734. The molecule has 2 rings (SSSR count). The molecule has 0 spiro atoms. The number of nitrogens with one attached hydrogen (secondary N) is 1. The van der Waals surface area contributed by atoms with E-state index in [2.05, 4.69) is 5.32 Å². The van der Waals surface area contributed by atoms with Crippen LogP contribution in [0.2, 0.25) is 0 Å². The van der Waals surface area contributed by atoms with Crippen LogP contribution < -0.4 is 10.4 Å². The molecule has 1 aromatic carbocycles. The average Bonchev–Trinajstić information content (AvgIpc) is 2.61. The summed E-state index contributed by atoms with van der Waals surface area (Å²) in [6, 6.07) is 9.14. The highest BCUT2D eigenvalue weighted by molar-refractivity contribution is 5.99. The van der Waals surface area contributed by atoms with Gasteiger partial charge in [0, 0.05) is 12.5 Å². The number of carboxylic acids is 1. The lowest BCUT2D eigenvalue weighted by atomic mass is 9.89. The van der Waals surface area contributed by atoms with Gasteiger partial charge in [-0.05, 0) is 5.56 Å². The second-order valence-corrected chi connectivity index (χ2v) is 3.56. The number of aliphatic carboxylic acids is 1. The summed E-state index contributed by atoms with van der Waals surface area (Å²) in [4.78, 5) is 22.1. The highest BCUT2D eigenvalue weighted by atomic mass is 16.4. The van der Waals surface area contributed by atoms with Crippen LogP contribution in [-0.4, -0.2) is 18.4 Å². The molecule has 15 heavy (non-hydrogen) atoms. The van der Waals surface area contributed by atoms with Gasteiger partial charge in [0.15, 0.2) is 0 Å². The van der Waals surface area contributed by atoms with E-state index in [9.17, 15) is 14.7 Å². The Balaban J connectivity index is 2.30. The number of hydrogen-bond acceptors (Lipinski definition) is 3. The van der Waals surface area contributed by atoms with E-state index in [1.165, 1.54) is 0 Å². The molecule has 4 nitrogen and oxygen atoms in total. The van der Waals surface area contributed by atoms with Crippen LogP contribution in [0.1, 0.15) is 11.5 Å². The highest BCUT2D eigenvalue weighted by Crippen LogP contribution is 2.28. The Morgan fingerprint density at radius 3 is 2.60 bits per heavy atom. The van der Waals surface area contributed by atoms with Crippen molar-refractivity contribution in [3.05, 3.63) is 35.9 Å². The molecule has 1 fully saturated rings. The van der Waals surface area contributed by atoms with Crippen molar-refractivity contribution in [3.8, 4) is 0 Å². The van der Waals surface area contributed by atoms with E-state index < -0.39 is 17.8 Å². The fourth-order valence-electron chi connectivity index (χ4n) is 1.90. The molecule has 0 bridgehead atoms. The van der Waals surface area contributed by atoms with Crippen LogP contribution in [0.15, 0.2) is 30.3 Å². The summed E-state index contributed by atoms with van der Waals surface area (Å²) in [5.74, 6) is -3.14. The standard InChI is InChI=1S/C11H11NO3/c13-10-9(11(14)15)8(6-12-10)7-4-2-1-3-5-7/h1-5,8-9H,6H2,(H,12,13)(H,14,15)/p-1/t8-,9+/m0/s1. The van der Waals surface area contributed by atoms with E-state index in [4.69, 9.17) is 0 Å². The molecule has 1 amide bonds. The average molecular weight is 204 g/mol. The van der Waals surface area contributed by atoms with Gasteiger partial charge in [-0.3, -0.25) is 4.79 Å². The molecule has 4 heteroatoms. The zero-order valence-corrected chi connectivity index (χ0v) is 7.97. The van der Waals surface area contributed by atoms with Crippen molar-refractivity contribution >= 4 is 11.9 Å². The van der Waals surface area contributed by atoms with Crippen LogP contribution in [0.3, 0.4) is 0 Å². The van der Waals surface area contributed by atoms with Crippen molar-refractivity contribution in [1.82, 2.24) is 5.32 Å². The quantitative estimate of drug-likeness (QED) is 0.645. The highest BCUT2D eigenvalue weighted by Gasteiger charge is 2.36. The topological polar surface area (TPSA) is 69.2 Å². The zero-order chi connectivity index (χ0) is 10.8. The molecule has 0 aromatic heterocycles. The van der Waals surface area contributed by atoms with Gasteiger partial charge >= 0.3 is 0 Å². The molecule has 1 N–H and O–H groups in total. The first-order valence-corrected chi connectivity index (χ1v) is 4.73. The fraction of sp³-hybridized carbons (Fsp3) is 0.273. The van der Waals surface area contributed by atoms with Gasteiger partial charge in [0.25, 0.3) is 0 Å². The van der Waals surface area contributed by atoms with Crippen LogP contribution in [0.4, 0.5) is 0 Å². The maximum Gasteiger partial charge on any atom is 0.229 e. The first kappa shape index (κ1) is 9.71. The zero-order valence-electron chi connectivity index (χ0n) is 7.97. The van der Waals surface area contributed by atoms with Gasteiger partial charge in [-0.15, -0.1) is 0 Å². The summed E-state index contributed by atoms with van der Waals surface area (Å²) in [5.41, 5.74) is 0.852. The number of amides is 1. The Kier molecular flexibility index (Phi) is 2.41. The number of carboxylic acid groups (broad SMARTS) is 1. The first-order chi connectivity index (χ1) is 7.20. The third-order valence-electron chi connectivity index (χ3n) is 2.66. The van der Waals surface area contributed by atoms with Crippen molar-refractivity contribution in [2.45, 2.75) is 5.92 Å². The third-order valence-corrected chi connectivity index (χ3v) is 2.66. The van der Waals surface area contributed by atoms with Crippen LogP contribution in [0.5, 0.6) is 0 Å². The Morgan fingerprint density at radius 1 is 1.33 bits per heavy atom. The number of benzene rings is 1. The first-order valence-electron chi connectivity index (χ1n) is 4.73. The number of carbonyl (C=O) groups is 2. The summed E-state index contributed by atoms with van der Waals surface area (Å²) >= 11 is 0. The predicted molar refractivity (Wildman–Crippen MR) is 50.7 cm³/mol. The van der Waals surface area contributed by atoms with Gasteiger partial charge < -0.3 is 15.2 Å². The maximum atomic E-state index is 11.3. The SMILES string of the molecule is O=C([O-])[C@H]1C(=O)NC[C@H]1c1ccccc1. The van der Waals surface area contributed by atoms with Gasteiger partial charge in [-0.25, -0.2) is 0 Å². The van der Waals surface area contributed by atoms with Crippen LogP contribution in [0.25, 0.3) is 0 Å². The second kappa shape index (κ2) is 3.73. The second-order valence-electron chi connectivity index (χ2n) is 3.56. The Bertz CT molecular complexity index is 388. The van der Waals surface area contributed by atoms with E-state index in [0.717, 1.165) is 5.56 Å². The molecule has 0 saturated carbocycles.